The summed E-state index contributed by atoms with van der Waals surface area (Å²) in [5.74, 6) is 1.42. The van der Waals surface area contributed by atoms with Gasteiger partial charge in [-0.2, -0.15) is 0 Å². The lowest BCUT2D eigenvalue weighted by atomic mass is 9.95. The molecule has 1 saturated carbocycles. The summed E-state index contributed by atoms with van der Waals surface area (Å²) in [5, 5.41) is 0. The quantitative estimate of drug-likeness (QED) is 0.630. The van der Waals surface area contributed by atoms with Gasteiger partial charge in [0.2, 0.25) is 0 Å². The van der Waals surface area contributed by atoms with Gasteiger partial charge in [-0.1, -0.05) is 43.2 Å². The number of aryl methyl sites for hydroxylation is 1. The fourth-order valence-electron chi connectivity index (χ4n) is 2.81. The summed E-state index contributed by atoms with van der Waals surface area (Å²) in [6, 6.07) is 10.6. The molecule has 1 fully saturated rings. The predicted molar refractivity (Wildman–Crippen MR) is 82.4 cm³/mol. The van der Waals surface area contributed by atoms with Crippen LogP contribution in [0.1, 0.15) is 51.5 Å². The van der Waals surface area contributed by atoms with E-state index < -0.39 is 0 Å². The molecule has 0 amide bonds. The molecular formula is C17H26N2. The summed E-state index contributed by atoms with van der Waals surface area (Å²) in [4.78, 5) is 4.80. The molecule has 1 aromatic rings. The molecule has 1 aliphatic rings. The van der Waals surface area contributed by atoms with Crippen molar-refractivity contribution in [2.45, 2.75) is 57.9 Å². The number of rotatable bonds is 5. The number of amidine groups is 1. The summed E-state index contributed by atoms with van der Waals surface area (Å²) < 4.78 is 0. The van der Waals surface area contributed by atoms with Crippen LogP contribution in [0.3, 0.4) is 0 Å². The van der Waals surface area contributed by atoms with E-state index in [0.29, 0.717) is 5.92 Å². The van der Waals surface area contributed by atoms with Crippen molar-refractivity contribution in [2.24, 2.45) is 16.6 Å². The highest BCUT2D eigenvalue weighted by Crippen LogP contribution is 2.27. The van der Waals surface area contributed by atoms with E-state index in [0.717, 1.165) is 18.7 Å². The highest BCUT2D eigenvalue weighted by Gasteiger charge is 2.22. The Morgan fingerprint density at radius 2 is 1.84 bits per heavy atom. The molecule has 2 rings (SSSR count). The maximum atomic E-state index is 6.18. The first kappa shape index (κ1) is 14.1. The lowest BCUT2D eigenvalue weighted by molar-refractivity contribution is 0.474. The fraction of sp³-hybridized carbons (Fsp3) is 0.588. The monoisotopic (exact) mass is 258 g/mol. The van der Waals surface area contributed by atoms with Gasteiger partial charge in [-0.25, -0.2) is 0 Å². The van der Waals surface area contributed by atoms with Crippen molar-refractivity contribution < 1.29 is 0 Å². The van der Waals surface area contributed by atoms with Gasteiger partial charge in [0.05, 0.1) is 11.4 Å². The van der Waals surface area contributed by atoms with Crippen molar-refractivity contribution in [2.75, 3.05) is 0 Å². The fourth-order valence-corrected chi connectivity index (χ4v) is 2.81. The van der Waals surface area contributed by atoms with E-state index in [2.05, 4.69) is 44.2 Å². The molecule has 2 N–H and O–H groups in total. The highest BCUT2D eigenvalue weighted by molar-refractivity contribution is 5.83. The lowest BCUT2D eigenvalue weighted by Crippen LogP contribution is -2.28. The Morgan fingerprint density at radius 3 is 2.47 bits per heavy atom. The van der Waals surface area contributed by atoms with Crippen LogP contribution in [0.4, 0.5) is 0 Å². The van der Waals surface area contributed by atoms with Crippen LogP contribution in [0.15, 0.2) is 35.3 Å². The summed E-state index contributed by atoms with van der Waals surface area (Å²) in [5.41, 5.74) is 7.51. The molecule has 0 aromatic heterocycles. The van der Waals surface area contributed by atoms with Gasteiger partial charge in [-0.3, -0.25) is 4.99 Å². The van der Waals surface area contributed by atoms with E-state index in [-0.39, 0.29) is 5.54 Å². The maximum Gasteiger partial charge on any atom is 0.0975 e. The van der Waals surface area contributed by atoms with Gasteiger partial charge in [-0.05, 0) is 45.1 Å². The molecule has 1 aromatic carbocycles. The molecule has 104 valence electrons. The Hall–Kier alpha value is -1.31. The van der Waals surface area contributed by atoms with Crippen molar-refractivity contribution in [3.8, 4) is 0 Å². The number of aliphatic imine (C=N–C) groups is 1. The molecule has 2 heteroatoms. The zero-order chi connectivity index (χ0) is 13.7. The van der Waals surface area contributed by atoms with E-state index >= 15 is 0 Å². The van der Waals surface area contributed by atoms with Crippen LogP contribution >= 0.6 is 0 Å². The van der Waals surface area contributed by atoms with Gasteiger partial charge in [0, 0.05) is 5.92 Å². The minimum atomic E-state index is -0.0531. The van der Waals surface area contributed by atoms with Gasteiger partial charge in [-0.15, -0.1) is 0 Å². The lowest BCUT2D eigenvalue weighted by Gasteiger charge is -2.22. The van der Waals surface area contributed by atoms with E-state index in [1.807, 2.05) is 0 Å². The van der Waals surface area contributed by atoms with Crippen LogP contribution in [0, 0.1) is 5.92 Å². The first-order chi connectivity index (χ1) is 9.07. The second-order valence-corrected chi connectivity index (χ2v) is 6.32. The smallest absolute Gasteiger partial charge is 0.0975 e. The van der Waals surface area contributed by atoms with Crippen molar-refractivity contribution in [1.29, 1.82) is 0 Å². The van der Waals surface area contributed by atoms with Crippen molar-refractivity contribution >= 4 is 5.84 Å². The third-order valence-electron chi connectivity index (χ3n) is 4.07. The molecule has 0 heterocycles. The second-order valence-electron chi connectivity index (χ2n) is 6.32. The summed E-state index contributed by atoms with van der Waals surface area (Å²) in [6.45, 7) is 4.38. The molecule has 0 atom stereocenters. The first-order valence-corrected chi connectivity index (χ1v) is 7.46. The van der Waals surface area contributed by atoms with Crippen LogP contribution in [-0.2, 0) is 6.42 Å². The number of nitrogens with two attached hydrogens (primary N) is 1. The van der Waals surface area contributed by atoms with Crippen LogP contribution in [0.2, 0.25) is 0 Å². The van der Waals surface area contributed by atoms with Crippen LogP contribution in [0.25, 0.3) is 0 Å². The summed E-state index contributed by atoms with van der Waals surface area (Å²) >= 11 is 0. The van der Waals surface area contributed by atoms with Crippen molar-refractivity contribution in [3.05, 3.63) is 35.9 Å². The third kappa shape index (κ3) is 4.38. The SMILES string of the molecule is CC(C)(CCc1ccccc1)N=C(N)C1CCCC1. The van der Waals surface area contributed by atoms with Gasteiger partial charge in [0.25, 0.3) is 0 Å². The summed E-state index contributed by atoms with van der Waals surface area (Å²) in [7, 11) is 0. The molecule has 0 spiro atoms. The van der Waals surface area contributed by atoms with Gasteiger partial charge < -0.3 is 5.73 Å². The molecule has 0 radical (unpaired) electrons. The number of benzene rings is 1. The number of hydrogen-bond donors (Lipinski definition) is 1. The Balaban J connectivity index is 1.92. The molecule has 0 unspecified atom stereocenters. The Bertz CT molecular complexity index is 414. The second kappa shape index (κ2) is 6.23. The van der Waals surface area contributed by atoms with Gasteiger partial charge >= 0.3 is 0 Å². The Morgan fingerprint density at radius 1 is 1.21 bits per heavy atom. The van der Waals surface area contributed by atoms with Crippen molar-refractivity contribution in [1.82, 2.24) is 0 Å². The standard InChI is InChI=1S/C17H26N2/c1-17(2,13-12-14-8-4-3-5-9-14)19-16(18)15-10-6-7-11-15/h3-5,8-9,15H,6-7,10-13H2,1-2H3,(H2,18,19). The highest BCUT2D eigenvalue weighted by atomic mass is 14.9. The Labute approximate surface area is 117 Å². The third-order valence-corrected chi connectivity index (χ3v) is 4.07. The molecule has 2 nitrogen and oxygen atoms in total. The van der Waals surface area contributed by atoms with Crippen LogP contribution < -0.4 is 5.73 Å². The number of hydrogen-bond acceptors (Lipinski definition) is 1. The average molecular weight is 258 g/mol. The molecular weight excluding hydrogens is 232 g/mol. The molecule has 0 bridgehead atoms. The van der Waals surface area contributed by atoms with E-state index in [9.17, 15) is 0 Å². The molecule has 19 heavy (non-hydrogen) atoms. The normalized spacial score (nSPS) is 17.9. The van der Waals surface area contributed by atoms with Crippen LogP contribution in [0.5, 0.6) is 0 Å². The van der Waals surface area contributed by atoms with Gasteiger partial charge in [0.1, 0.15) is 0 Å². The maximum absolute atomic E-state index is 6.18. The largest absolute Gasteiger partial charge is 0.387 e. The molecule has 0 saturated heterocycles. The van der Waals surface area contributed by atoms with Gasteiger partial charge in [0.15, 0.2) is 0 Å². The van der Waals surface area contributed by atoms with E-state index in [4.69, 9.17) is 10.7 Å². The minimum absolute atomic E-state index is 0.0531. The zero-order valence-corrected chi connectivity index (χ0v) is 12.2. The number of nitrogens with zero attached hydrogens (tertiary/aromatic N) is 1. The van der Waals surface area contributed by atoms with E-state index in [1.165, 1.54) is 31.2 Å². The van der Waals surface area contributed by atoms with Crippen LogP contribution in [-0.4, -0.2) is 11.4 Å². The average Bonchev–Trinajstić information content (AvgIpc) is 2.91. The summed E-state index contributed by atoms with van der Waals surface area (Å²) in [6.07, 6.45) is 7.19. The Kier molecular flexibility index (Phi) is 4.62. The molecule has 0 aliphatic heterocycles. The topological polar surface area (TPSA) is 38.4 Å². The van der Waals surface area contributed by atoms with E-state index in [1.54, 1.807) is 0 Å². The van der Waals surface area contributed by atoms with Crippen molar-refractivity contribution in [3.63, 3.8) is 0 Å². The first-order valence-electron chi connectivity index (χ1n) is 7.46. The minimum Gasteiger partial charge on any atom is -0.387 e. The zero-order valence-electron chi connectivity index (χ0n) is 12.2. The predicted octanol–water partition coefficient (Wildman–Crippen LogP) is 3.95. The molecule has 1 aliphatic carbocycles.